The summed E-state index contributed by atoms with van der Waals surface area (Å²) >= 11 is 0. The van der Waals surface area contributed by atoms with Gasteiger partial charge < -0.3 is 19.4 Å². The Labute approximate surface area is 164 Å². The number of carbonyl (C=O) groups is 3. The van der Waals surface area contributed by atoms with Crippen LogP contribution in [0, 0.1) is 0 Å². The van der Waals surface area contributed by atoms with Gasteiger partial charge in [-0.2, -0.15) is 13.2 Å². The van der Waals surface area contributed by atoms with E-state index in [1.165, 1.54) is 0 Å². The van der Waals surface area contributed by atoms with Gasteiger partial charge in [0.15, 0.2) is 8.32 Å². The molecule has 0 aromatic carbocycles. The van der Waals surface area contributed by atoms with Crippen LogP contribution in [0.3, 0.4) is 0 Å². The maximum absolute atomic E-state index is 12.7. The fraction of sp³-hybridized carbons (Fsp3) is 0.824. The van der Waals surface area contributed by atoms with Crippen LogP contribution < -0.4 is 5.32 Å². The maximum atomic E-state index is 12.7. The molecular weight excluding hydrogens is 397 g/mol. The molecule has 1 saturated heterocycles. The van der Waals surface area contributed by atoms with E-state index in [9.17, 15) is 27.6 Å². The van der Waals surface area contributed by atoms with E-state index in [0.717, 1.165) is 6.42 Å². The standard InChI is InChI=1S/C17H29F3N2O5Si/c1-5-6-10-26-15(24)12(11-27-28(2,3)4)21-14(23)13-8-7-9-22(13)16(25)17(18,19)20/h12-13H,5-11H2,1-4H3,(H,21,23)/t12-,13-/m0/s1. The molecule has 0 aromatic rings. The minimum absolute atomic E-state index is 0.0974. The van der Waals surface area contributed by atoms with Gasteiger partial charge in [-0.15, -0.1) is 0 Å². The van der Waals surface area contributed by atoms with Crippen LogP contribution in [0.15, 0.2) is 0 Å². The molecule has 1 heterocycles. The molecule has 28 heavy (non-hydrogen) atoms. The number of ether oxygens (including phenoxy) is 1. The number of likely N-dealkylation sites (tertiary alicyclic amines) is 1. The van der Waals surface area contributed by atoms with Crippen molar-refractivity contribution >= 4 is 26.1 Å². The second-order valence-corrected chi connectivity index (χ2v) is 12.2. The van der Waals surface area contributed by atoms with Crippen LogP contribution in [0.5, 0.6) is 0 Å². The van der Waals surface area contributed by atoms with Gasteiger partial charge in [0.25, 0.3) is 0 Å². The largest absolute Gasteiger partial charge is 0.471 e. The Morgan fingerprint density at radius 1 is 1.25 bits per heavy atom. The molecule has 0 spiro atoms. The van der Waals surface area contributed by atoms with Crippen molar-refractivity contribution in [3.05, 3.63) is 0 Å². The average Bonchev–Trinajstić information content (AvgIpc) is 3.05. The van der Waals surface area contributed by atoms with Crippen molar-refractivity contribution in [2.24, 2.45) is 0 Å². The number of unbranched alkanes of at least 4 members (excludes halogenated alkanes) is 1. The van der Waals surface area contributed by atoms with Crippen LogP contribution in [0.4, 0.5) is 13.2 Å². The SMILES string of the molecule is CCCCOC(=O)[C@H](CO[Si](C)(C)C)NC(=O)[C@@H]1CCCN1C(=O)C(F)(F)F. The number of nitrogens with zero attached hydrogens (tertiary/aromatic N) is 1. The summed E-state index contributed by atoms with van der Waals surface area (Å²) in [5, 5.41) is 2.42. The highest BCUT2D eigenvalue weighted by Gasteiger charge is 2.48. The molecule has 1 N–H and O–H groups in total. The van der Waals surface area contributed by atoms with Crippen molar-refractivity contribution in [3.63, 3.8) is 0 Å². The summed E-state index contributed by atoms with van der Waals surface area (Å²) in [5.41, 5.74) is 0. The predicted octanol–water partition coefficient (Wildman–Crippen LogP) is 2.22. The van der Waals surface area contributed by atoms with Crippen LogP contribution in [0.1, 0.15) is 32.6 Å². The predicted molar refractivity (Wildman–Crippen MR) is 97.9 cm³/mol. The zero-order chi connectivity index (χ0) is 21.5. The van der Waals surface area contributed by atoms with Gasteiger partial charge in [-0.05, 0) is 38.9 Å². The van der Waals surface area contributed by atoms with E-state index < -0.39 is 44.4 Å². The lowest BCUT2D eigenvalue weighted by Crippen LogP contribution is -2.55. The lowest BCUT2D eigenvalue weighted by Gasteiger charge is -2.27. The van der Waals surface area contributed by atoms with Gasteiger partial charge >= 0.3 is 18.1 Å². The van der Waals surface area contributed by atoms with Gasteiger partial charge in [0.05, 0.1) is 13.2 Å². The fourth-order valence-electron chi connectivity index (χ4n) is 2.63. The summed E-state index contributed by atoms with van der Waals surface area (Å²) in [6.45, 7) is 7.50. The minimum Gasteiger partial charge on any atom is -0.464 e. The van der Waals surface area contributed by atoms with Gasteiger partial charge in [-0.1, -0.05) is 13.3 Å². The van der Waals surface area contributed by atoms with Crippen LogP contribution in [-0.2, 0) is 23.5 Å². The topological polar surface area (TPSA) is 84.9 Å². The van der Waals surface area contributed by atoms with Crippen molar-refractivity contribution in [1.29, 1.82) is 0 Å². The maximum Gasteiger partial charge on any atom is 0.471 e. The van der Waals surface area contributed by atoms with E-state index in [4.69, 9.17) is 9.16 Å². The second kappa shape index (κ2) is 10.2. The van der Waals surface area contributed by atoms with Gasteiger partial charge in [0.1, 0.15) is 12.1 Å². The number of carbonyl (C=O) groups excluding carboxylic acids is 3. The third-order valence-electron chi connectivity index (χ3n) is 4.09. The van der Waals surface area contributed by atoms with Gasteiger partial charge in [-0.3, -0.25) is 9.59 Å². The summed E-state index contributed by atoms with van der Waals surface area (Å²) in [6.07, 6.45) is -3.22. The Balaban J connectivity index is 2.83. The summed E-state index contributed by atoms with van der Waals surface area (Å²) in [5.74, 6) is -3.57. The highest BCUT2D eigenvalue weighted by atomic mass is 28.4. The van der Waals surface area contributed by atoms with E-state index in [1.807, 2.05) is 26.6 Å². The molecule has 0 unspecified atom stereocenters. The monoisotopic (exact) mass is 426 g/mol. The summed E-state index contributed by atoms with van der Waals surface area (Å²) in [6, 6.07) is -2.41. The molecule has 0 aliphatic carbocycles. The molecule has 2 atom stereocenters. The van der Waals surface area contributed by atoms with E-state index in [1.54, 1.807) is 0 Å². The third kappa shape index (κ3) is 7.78. The van der Waals surface area contributed by atoms with Gasteiger partial charge in [0, 0.05) is 6.54 Å². The van der Waals surface area contributed by atoms with Crippen molar-refractivity contribution in [3.8, 4) is 0 Å². The molecular formula is C17H29F3N2O5Si. The Bertz CT molecular complexity index is 566. The molecule has 2 amide bonds. The summed E-state index contributed by atoms with van der Waals surface area (Å²) in [4.78, 5) is 36.9. The second-order valence-electron chi connectivity index (χ2n) is 7.66. The first-order valence-electron chi connectivity index (χ1n) is 9.35. The van der Waals surface area contributed by atoms with Crippen molar-refractivity contribution in [2.75, 3.05) is 19.8 Å². The zero-order valence-electron chi connectivity index (χ0n) is 16.7. The van der Waals surface area contributed by atoms with Crippen molar-refractivity contribution in [1.82, 2.24) is 10.2 Å². The number of rotatable bonds is 9. The average molecular weight is 427 g/mol. The number of alkyl halides is 3. The Hall–Kier alpha value is -1.62. The lowest BCUT2D eigenvalue weighted by molar-refractivity contribution is -0.186. The molecule has 0 radical (unpaired) electrons. The van der Waals surface area contributed by atoms with Crippen molar-refractivity contribution < 1.29 is 36.7 Å². The smallest absolute Gasteiger partial charge is 0.464 e. The van der Waals surface area contributed by atoms with E-state index >= 15 is 0 Å². The zero-order valence-corrected chi connectivity index (χ0v) is 17.7. The highest BCUT2D eigenvalue weighted by molar-refractivity contribution is 6.69. The molecule has 162 valence electrons. The first-order valence-corrected chi connectivity index (χ1v) is 12.8. The lowest BCUT2D eigenvalue weighted by atomic mass is 10.2. The Kier molecular flexibility index (Phi) is 8.93. The molecule has 0 saturated carbocycles. The number of halogens is 3. The van der Waals surface area contributed by atoms with Crippen LogP contribution >= 0.6 is 0 Å². The molecule has 0 aromatic heterocycles. The number of nitrogens with one attached hydrogen (secondary N) is 1. The van der Waals surface area contributed by atoms with Gasteiger partial charge in [0.2, 0.25) is 5.91 Å². The molecule has 1 aliphatic heterocycles. The molecule has 7 nitrogen and oxygen atoms in total. The minimum atomic E-state index is -5.05. The highest BCUT2D eigenvalue weighted by Crippen LogP contribution is 2.25. The number of hydrogen-bond donors (Lipinski definition) is 1. The van der Waals surface area contributed by atoms with Crippen LogP contribution in [0.25, 0.3) is 0 Å². The third-order valence-corrected chi connectivity index (χ3v) is 5.12. The number of esters is 1. The van der Waals surface area contributed by atoms with E-state index in [-0.39, 0.29) is 32.6 Å². The van der Waals surface area contributed by atoms with E-state index in [0.29, 0.717) is 11.3 Å². The van der Waals surface area contributed by atoms with Gasteiger partial charge in [-0.25, -0.2) is 4.79 Å². The molecule has 1 aliphatic rings. The first kappa shape index (κ1) is 24.4. The Morgan fingerprint density at radius 2 is 1.89 bits per heavy atom. The molecule has 11 heteroatoms. The summed E-state index contributed by atoms with van der Waals surface area (Å²) < 4.78 is 49.0. The Morgan fingerprint density at radius 3 is 2.43 bits per heavy atom. The quantitative estimate of drug-likeness (QED) is 0.347. The molecule has 1 fully saturated rings. The number of hydrogen-bond acceptors (Lipinski definition) is 5. The van der Waals surface area contributed by atoms with Crippen LogP contribution in [-0.4, -0.2) is 69.0 Å². The molecule has 0 bridgehead atoms. The summed E-state index contributed by atoms with van der Waals surface area (Å²) in [7, 11) is -2.02. The first-order chi connectivity index (χ1) is 12.9. The fourth-order valence-corrected chi connectivity index (χ4v) is 3.30. The van der Waals surface area contributed by atoms with E-state index in [2.05, 4.69) is 5.32 Å². The molecule has 1 rings (SSSR count). The van der Waals surface area contributed by atoms with Crippen molar-refractivity contribution in [2.45, 2.75) is 70.5 Å². The van der Waals surface area contributed by atoms with Crippen LogP contribution in [0.2, 0.25) is 19.6 Å². The normalized spacial score (nSPS) is 18.7. The number of amides is 2.